The number of rotatable bonds is 8. The molecule has 1 fully saturated rings. The fourth-order valence-corrected chi connectivity index (χ4v) is 5.06. The van der Waals surface area contributed by atoms with Gasteiger partial charge in [0.15, 0.2) is 12.4 Å². The molecule has 1 heterocycles. The number of carbonyl (C=O) groups excluding carboxylic acids is 3. The summed E-state index contributed by atoms with van der Waals surface area (Å²) in [5.74, 6) is -1.38. The van der Waals surface area contributed by atoms with Crippen LogP contribution in [-0.2, 0) is 24.3 Å². The molecule has 0 saturated carbocycles. The van der Waals surface area contributed by atoms with Crippen molar-refractivity contribution in [2.24, 2.45) is 0 Å². The molecule has 1 amide bonds. The third-order valence-electron chi connectivity index (χ3n) is 5.39. The minimum Gasteiger partial charge on any atom is -0.452 e. The van der Waals surface area contributed by atoms with Crippen LogP contribution in [-0.4, -0.2) is 50.1 Å². The third-order valence-corrected chi connectivity index (χ3v) is 7.31. The monoisotopic (exact) mass is 484 g/mol. The Hall–Kier alpha value is -3.30. The lowest BCUT2D eigenvalue weighted by Crippen LogP contribution is -2.31. The lowest BCUT2D eigenvalue weighted by molar-refractivity contribution is -0.142. The topological polar surface area (TPSA) is 110 Å². The molecule has 0 bridgehead atoms. The standard InChI is InChI=1S/C25H28N2O6S/c1-19(28)21-7-6-8-22(17-21)26-24(29)18-33-25(30)14-11-20-9-12-23(13-10-20)34(31,32)27-15-4-2-3-5-16-27/h6-14,17H,2-5,15-16,18H2,1H3,(H,26,29)/b14-11+. The average Bonchev–Trinajstić information content (AvgIpc) is 3.12. The Labute approximate surface area is 199 Å². The van der Waals surface area contributed by atoms with E-state index < -0.39 is 28.5 Å². The van der Waals surface area contributed by atoms with Gasteiger partial charge in [0.05, 0.1) is 4.90 Å². The SMILES string of the molecule is CC(=O)c1cccc(NC(=O)COC(=O)/C=C/c2ccc(S(=O)(=O)N3CCCCCC3)cc2)c1. The van der Waals surface area contributed by atoms with Crippen molar-refractivity contribution < 1.29 is 27.5 Å². The van der Waals surface area contributed by atoms with Crippen LogP contribution in [0.5, 0.6) is 0 Å². The summed E-state index contributed by atoms with van der Waals surface area (Å²) >= 11 is 0. The van der Waals surface area contributed by atoms with Crippen LogP contribution in [0.25, 0.3) is 6.08 Å². The molecule has 3 rings (SSSR count). The number of esters is 1. The largest absolute Gasteiger partial charge is 0.452 e. The summed E-state index contributed by atoms with van der Waals surface area (Å²) in [7, 11) is -3.53. The molecule has 0 unspecified atom stereocenters. The van der Waals surface area contributed by atoms with E-state index in [1.54, 1.807) is 36.4 Å². The van der Waals surface area contributed by atoms with Crippen molar-refractivity contribution in [1.29, 1.82) is 0 Å². The van der Waals surface area contributed by atoms with E-state index in [1.807, 2.05) is 0 Å². The van der Waals surface area contributed by atoms with Crippen LogP contribution in [0.2, 0.25) is 0 Å². The lowest BCUT2D eigenvalue weighted by Gasteiger charge is -2.19. The fourth-order valence-electron chi connectivity index (χ4n) is 3.54. The number of sulfonamides is 1. The van der Waals surface area contributed by atoms with Gasteiger partial charge in [0.25, 0.3) is 5.91 Å². The number of benzene rings is 2. The summed E-state index contributed by atoms with van der Waals surface area (Å²) in [6.45, 7) is 2.01. The molecule has 8 nitrogen and oxygen atoms in total. The van der Waals surface area contributed by atoms with Gasteiger partial charge in [0, 0.05) is 30.4 Å². The quantitative estimate of drug-likeness (QED) is 0.348. The van der Waals surface area contributed by atoms with Gasteiger partial charge in [0.2, 0.25) is 10.0 Å². The maximum absolute atomic E-state index is 12.8. The van der Waals surface area contributed by atoms with Crippen molar-refractivity contribution in [3.8, 4) is 0 Å². The van der Waals surface area contributed by atoms with Crippen LogP contribution in [0.1, 0.15) is 48.5 Å². The predicted octanol–water partition coefficient (Wildman–Crippen LogP) is 3.65. The number of ether oxygens (including phenoxy) is 1. The molecule has 0 aliphatic carbocycles. The van der Waals surface area contributed by atoms with Crippen LogP contribution in [0.15, 0.2) is 59.5 Å². The number of anilines is 1. The first-order valence-corrected chi connectivity index (χ1v) is 12.6. The summed E-state index contributed by atoms with van der Waals surface area (Å²) in [6.07, 6.45) is 6.47. The Kier molecular flexibility index (Phi) is 8.72. The summed E-state index contributed by atoms with van der Waals surface area (Å²) in [5.41, 5.74) is 1.51. The van der Waals surface area contributed by atoms with Crippen molar-refractivity contribution in [2.45, 2.75) is 37.5 Å². The number of hydrogen-bond acceptors (Lipinski definition) is 6. The van der Waals surface area contributed by atoms with Gasteiger partial charge >= 0.3 is 5.97 Å². The second-order valence-corrected chi connectivity index (χ2v) is 9.95. The van der Waals surface area contributed by atoms with E-state index in [0.29, 0.717) is 29.9 Å². The normalized spacial score (nSPS) is 15.0. The first kappa shape index (κ1) is 25.3. The van der Waals surface area contributed by atoms with Crippen molar-refractivity contribution in [3.63, 3.8) is 0 Å². The summed E-state index contributed by atoms with van der Waals surface area (Å²) in [4.78, 5) is 35.6. The molecule has 1 aliphatic rings. The summed E-state index contributed by atoms with van der Waals surface area (Å²) < 4.78 is 32.1. The molecule has 0 atom stereocenters. The van der Waals surface area contributed by atoms with Crippen molar-refractivity contribution in [3.05, 3.63) is 65.7 Å². The van der Waals surface area contributed by atoms with E-state index in [2.05, 4.69) is 5.32 Å². The number of nitrogens with zero attached hydrogens (tertiary/aromatic N) is 1. The molecule has 1 saturated heterocycles. The maximum Gasteiger partial charge on any atom is 0.331 e. The molecular weight excluding hydrogens is 456 g/mol. The van der Waals surface area contributed by atoms with Crippen LogP contribution in [0.3, 0.4) is 0 Å². The molecule has 0 aromatic heterocycles. The Bertz CT molecular complexity index is 1160. The molecule has 1 N–H and O–H groups in total. The highest BCUT2D eigenvalue weighted by Crippen LogP contribution is 2.21. The molecule has 180 valence electrons. The minimum atomic E-state index is -3.53. The Balaban J connectivity index is 1.51. The number of ketones is 1. The van der Waals surface area contributed by atoms with Crippen LogP contribution >= 0.6 is 0 Å². The van der Waals surface area contributed by atoms with Gasteiger partial charge in [0.1, 0.15) is 0 Å². The van der Waals surface area contributed by atoms with Crippen molar-refractivity contribution in [1.82, 2.24) is 4.31 Å². The first-order valence-electron chi connectivity index (χ1n) is 11.1. The van der Waals surface area contributed by atoms with Gasteiger partial charge in [-0.1, -0.05) is 37.1 Å². The van der Waals surface area contributed by atoms with E-state index in [1.165, 1.54) is 35.5 Å². The highest BCUT2D eigenvalue weighted by molar-refractivity contribution is 7.89. The predicted molar refractivity (Wildman–Crippen MR) is 129 cm³/mol. The minimum absolute atomic E-state index is 0.125. The van der Waals surface area contributed by atoms with Crippen molar-refractivity contribution in [2.75, 3.05) is 25.0 Å². The van der Waals surface area contributed by atoms with Gasteiger partial charge in [-0.15, -0.1) is 0 Å². The second kappa shape index (κ2) is 11.7. The Morgan fingerprint density at radius 1 is 1.00 bits per heavy atom. The molecule has 1 aliphatic heterocycles. The highest BCUT2D eigenvalue weighted by atomic mass is 32.2. The summed E-state index contributed by atoms with van der Waals surface area (Å²) in [6, 6.07) is 12.7. The fraction of sp³-hybridized carbons (Fsp3) is 0.320. The van der Waals surface area contributed by atoms with Gasteiger partial charge in [-0.25, -0.2) is 13.2 Å². The number of Topliss-reactive ketones (excluding diaryl/α,β-unsaturated/α-hetero) is 1. The van der Waals surface area contributed by atoms with Gasteiger partial charge in [-0.3, -0.25) is 9.59 Å². The zero-order valence-electron chi connectivity index (χ0n) is 19.0. The van der Waals surface area contributed by atoms with Gasteiger partial charge < -0.3 is 10.1 Å². The van der Waals surface area contributed by atoms with Gasteiger partial charge in [-0.05, 0) is 55.7 Å². The number of hydrogen-bond donors (Lipinski definition) is 1. The number of nitrogens with one attached hydrogen (secondary N) is 1. The van der Waals surface area contributed by atoms with Crippen LogP contribution in [0, 0.1) is 0 Å². The Morgan fingerprint density at radius 2 is 1.68 bits per heavy atom. The molecule has 2 aromatic rings. The average molecular weight is 485 g/mol. The summed E-state index contributed by atoms with van der Waals surface area (Å²) in [5, 5.41) is 2.56. The highest BCUT2D eigenvalue weighted by Gasteiger charge is 2.24. The van der Waals surface area contributed by atoms with Crippen LogP contribution < -0.4 is 5.32 Å². The number of amides is 1. The molecule has 34 heavy (non-hydrogen) atoms. The second-order valence-electron chi connectivity index (χ2n) is 8.01. The van der Waals surface area contributed by atoms with Crippen molar-refractivity contribution >= 4 is 39.4 Å². The van der Waals surface area contributed by atoms with Gasteiger partial charge in [-0.2, -0.15) is 4.31 Å². The van der Waals surface area contributed by atoms with E-state index >= 15 is 0 Å². The van der Waals surface area contributed by atoms with E-state index in [4.69, 9.17) is 4.74 Å². The first-order chi connectivity index (χ1) is 16.3. The third kappa shape index (κ3) is 7.10. The molecular formula is C25H28N2O6S. The van der Waals surface area contributed by atoms with E-state index in [0.717, 1.165) is 25.7 Å². The molecule has 0 spiro atoms. The lowest BCUT2D eigenvalue weighted by atomic mass is 10.1. The van der Waals surface area contributed by atoms with E-state index in [-0.39, 0.29) is 10.7 Å². The van der Waals surface area contributed by atoms with E-state index in [9.17, 15) is 22.8 Å². The smallest absolute Gasteiger partial charge is 0.331 e. The maximum atomic E-state index is 12.8. The number of carbonyl (C=O) groups is 3. The molecule has 2 aromatic carbocycles. The zero-order valence-corrected chi connectivity index (χ0v) is 19.8. The zero-order chi connectivity index (χ0) is 24.6. The molecule has 9 heteroatoms. The van der Waals surface area contributed by atoms with Crippen LogP contribution in [0.4, 0.5) is 5.69 Å². The Morgan fingerprint density at radius 3 is 2.32 bits per heavy atom. The molecule has 0 radical (unpaired) electrons.